The monoisotopic (exact) mass is 360 g/mol. The summed E-state index contributed by atoms with van der Waals surface area (Å²) in [6.07, 6.45) is 0. The van der Waals surface area contributed by atoms with Gasteiger partial charge < -0.3 is 9.80 Å². The fourth-order valence-corrected chi connectivity index (χ4v) is 3.57. The molecule has 0 unspecified atom stereocenters. The minimum atomic E-state index is 0.147. The van der Waals surface area contributed by atoms with E-state index in [9.17, 15) is 0 Å². The maximum absolute atomic E-state index is 5.01. The Morgan fingerprint density at radius 3 is 2.15 bits per heavy atom. The van der Waals surface area contributed by atoms with E-state index in [0.717, 1.165) is 54.3 Å². The molecule has 2 aromatic carbocycles. The lowest BCUT2D eigenvalue weighted by Gasteiger charge is -2.33. The van der Waals surface area contributed by atoms with Crippen molar-refractivity contribution in [1.29, 1.82) is 0 Å². The van der Waals surface area contributed by atoms with Crippen molar-refractivity contribution in [2.75, 3.05) is 38.1 Å². The largest absolute Gasteiger partial charge is 0.353 e. The highest BCUT2D eigenvalue weighted by Gasteiger charge is 2.20. The van der Waals surface area contributed by atoms with E-state index in [1.807, 2.05) is 0 Å². The van der Waals surface area contributed by atoms with Crippen LogP contribution in [-0.4, -0.2) is 48.1 Å². The second-order valence-electron chi connectivity index (χ2n) is 8.51. The Morgan fingerprint density at radius 1 is 0.815 bits per heavy atom. The number of piperazine rings is 1. The smallest absolute Gasteiger partial charge is 0.162 e. The van der Waals surface area contributed by atoms with Crippen molar-refractivity contribution >= 4 is 16.7 Å². The van der Waals surface area contributed by atoms with Crippen LogP contribution in [0, 0.1) is 0 Å². The van der Waals surface area contributed by atoms with Crippen molar-refractivity contribution in [2.45, 2.75) is 26.2 Å². The summed E-state index contributed by atoms with van der Waals surface area (Å²) in [5.41, 5.74) is 3.56. The number of hydrogen-bond donors (Lipinski definition) is 0. The number of rotatable bonds is 2. The summed E-state index contributed by atoms with van der Waals surface area (Å²) in [6, 6.07) is 17.0. The molecule has 4 nitrogen and oxygen atoms in total. The van der Waals surface area contributed by atoms with Gasteiger partial charge in [-0.15, -0.1) is 0 Å². The van der Waals surface area contributed by atoms with E-state index >= 15 is 0 Å². The zero-order valence-corrected chi connectivity index (χ0v) is 16.7. The first-order chi connectivity index (χ1) is 12.9. The minimum absolute atomic E-state index is 0.147. The molecule has 1 saturated heterocycles. The summed E-state index contributed by atoms with van der Waals surface area (Å²) in [5, 5.41) is 1.14. The Morgan fingerprint density at radius 2 is 1.48 bits per heavy atom. The van der Waals surface area contributed by atoms with Gasteiger partial charge in [0, 0.05) is 37.1 Å². The van der Waals surface area contributed by atoms with Gasteiger partial charge in [0.1, 0.15) is 5.82 Å². The molecule has 4 rings (SSSR count). The highest BCUT2D eigenvalue weighted by atomic mass is 15.3. The van der Waals surface area contributed by atoms with Gasteiger partial charge in [-0.2, -0.15) is 0 Å². The summed E-state index contributed by atoms with van der Waals surface area (Å²) < 4.78 is 0. The predicted molar refractivity (Wildman–Crippen MR) is 113 cm³/mol. The van der Waals surface area contributed by atoms with Crippen molar-refractivity contribution in [3.63, 3.8) is 0 Å². The van der Waals surface area contributed by atoms with Crippen LogP contribution < -0.4 is 4.90 Å². The molecular formula is C23H28N4. The van der Waals surface area contributed by atoms with Gasteiger partial charge in [0.2, 0.25) is 0 Å². The number of likely N-dealkylation sites (N-methyl/N-ethyl adjacent to an activating group) is 1. The van der Waals surface area contributed by atoms with Crippen LogP contribution in [-0.2, 0) is 5.41 Å². The first kappa shape index (κ1) is 17.9. The van der Waals surface area contributed by atoms with Crippen LogP contribution in [0.25, 0.3) is 22.3 Å². The van der Waals surface area contributed by atoms with E-state index in [0.29, 0.717) is 0 Å². The first-order valence-corrected chi connectivity index (χ1v) is 9.73. The van der Waals surface area contributed by atoms with E-state index in [1.165, 1.54) is 5.56 Å². The molecule has 1 fully saturated rings. The van der Waals surface area contributed by atoms with Crippen molar-refractivity contribution in [1.82, 2.24) is 14.9 Å². The minimum Gasteiger partial charge on any atom is -0.353 e. The van der Waals surface area contributed by atoms with E-state index in [-0.39, 0.29) is 5.41 Å². The van der Waals surface area contributed by atoms with Crippen molar-refractivity contribution in [2.24, 2.45) is 0 Å². The summed E-state index contributed by atoms with van der Waals surface area (Å²) in [7, 11) is 2.18. The maximum atomic E-state index is 5.01. The van der Waals surface area contributed by atoms with Gasteiger partial charge in [0.15, 0.2) is 5.82 Å². The number of aromatic nitrogens is 2. The maximum Gasteiger partial charge on any atom is 0.162 e. The summed E-state index contributed by atoms with van der Waals surface area (Å²) in [4.78, 5) is 14.6. The van der Waals surface area contributed by atoms with Crippen LogP contribution in [0.4, 0.5) is 5.82 Å². The average molecular weight is 361 g/mol. The molecule has 1 aliphatic rings. The van der Waals surface area contributed by atoms with Crippen LogP contribution in [0.5, 0.6) is 0 Å². The van der Waals surface area contributed by atoms with Crippen LogP contribution in [0.3, 0.4) is 0 Å². The first-order valence-electron chi connectivity index (χ1n) is 9.73. The van der Waals surface area contributed by atoms with E-state index in [2.05, 4.69) is 86.1 Å². The topological polar surface area (TPSA) is 32.3 Å². The van der Waals surface area contributed by atoms with Gasteiger partial charge in [-0.1, -0.05) is 57.2 Å². The number of nitrogens with zero attached hydrogens (tertiary/aromatic N) is 4. The van der Waals surface area contributed by atoms with Crippen molar-refractivity contribution < 1.29 is 0 Å². The lowest BCUT2D eigenvalue weighted by atomic mass is 9.87. The quantitative estimate of drug-likeness (QED) is 0.680. The zero-order valence-electron chi connectivity index (χ0n) is 16.7. The van der Waals surface area contributed by atoms with E-state index < -0.39 is 0 Å². The van der Waals surface area contributed by atoms with Crippen LogP contribution in [0.2, 0.25) is 0 Å². The Balaban J connectivity index is 1.78. The second kappa shape index (κ2) is 6.93. The molecule has 0 bridgehead atoms. The van der Waals surface area contributed by atoms with Gasteiger partial charge in [0.05, 0.1) is 5.52 Å². The molecule has 0 amide bonds. The van der Waals surface area contributed by atoms with Crippen molar-refractivity contribution in [3.8, 4) is 11.4 Å². The molecule has 3 aromatic rings. The third-order valence-corrected chi connectivity index (χ3v) is 5.40. The van der Waals surface area contributed by atoms with Crippen LogP contribution >= 0.6 is 0 Å². The molecule has 1 aromatic heterocycles. The molecule has 0 radical (unpaired) electrons. The molecule has 0 saturated carbocycles. The van der Waals surface area contributed by atoms with Crippen LogP contribution in [0.15, 0.2) is 48.5 Å². The molecule has 0 atom stereocenters. The molecule has 140 valence electrons. The fraction of sp³-hybridized carbons (Fsp3) is 0.391. The Labute approximate surface area is 161 Å². The Kier molecular flexibility index (Phi) is 4.60. The number of para-hydroxylation sites is 1. The van der Waals surface area contributed by atoms with Gasteiger partial charge in [-0.05, 0) is 30.2 Å². The summed E-state index contributed by atoms with van der Waals surface area (Å²) in [5.74, 6) is 1.87. The third kappa shape index (κ3) is 3.67. The molecule has 0 N–H and O–H groups in total. The highest BCUT2D eigenvalue weighted by Crippen LogP contribution is 2.29. The zero-order chi connectivity index (χ0) is 19.0. The van der Waals surface area contributed by atoms with Gasteiger partial charge in [-0.3, -0.25) is 0 Å². The summed E-state index contributed by atoms with van der Waals surface area (Å²) >= 11 is 0. The highest BCUT2D eigenvalue weighted by molar-refractivity contribution is 5.91. The summed E-state index contributed by atoms with van der Waals surface area (Å²) in [6.45, 7) is 10.8. The van der Waals surface area contributed by atoms with E-state index in [4.69, 9.17) is 9.97 Å². The standard InChI is InChI=1S/C23H28N4/c1-23(2,3)18-11-9-17(10-12-18)21-24-20-8-6-5-7-19(20)22(25-21)27-15-13-26(4)14-16-27/h5-12H,13-16H2,1-4H3. The average Bonchev–Trinajstić information content (AvgIpc) is 2.67. The Hall–Kier alpha value is -2.46. The predicted octanol–water partition coefficient (Wildman–Crippen LogP) is 4.35. The molecular weight excluding hydrogens is 332 g/mol. The van der Waals surface area contributed by atoms with Crippen LogP contribution in [0.1, 0.15) is 26.3 Å². The van der Waals surface area contributed by atoms with Gasteiger partial charge in [0.25, 0.3) is 0 Å². The Bertz CT molecular complexity index is 933. The molecule has 27 heavy (non-hydrogen) atoms. The molecule has 0 spiro atoms. The van der Waals surface area contributed by atoms with Gasteiger partial charge in [-0.25, -0.2) is 9.97 Å². The molecule has 4 heteroatoms. The number of benzene rings is 2. The van der Waals surface area contributed by atoms with E-state index in [1.54, 1.807) is 0 Å². The van der Waals surface area contributed by atoms with Crippen molar-refractivity contribution in [3.05, 3.63) is 54.1 Å². The lowest BCUT2D eigenvalue weighted by molar-refractivity contribution is 0.312. The van der Waals surface area contributed by atoms with Gasteiger partial charge >= 0.3 is 0 Å². The number of fused-ring (bicyclic) bond motifs is 1. The molecule has 1 aliphatic heterocycles. The SMILES string of the molecule is CN1CCN(c2nc(-c3ccc(C(C)(C)C)cc3)nc3ccccc23)CC1. The lowest BCUT2D eigenvalue weighted by Crippen LogP contribution is -2.45. The number of anilines is 1. The normalized spacial score (nSPS) is 16.1. The molecule has 2 heterocycles. The number of hydrogen-bond acceptors (Lipinski definition) is 4. The fourth-order valence-electron chi connectivity index (χ4n) is 3.57. The second-order valence-corrected chi connectivity index (χ2v) is 8.51. The third-order valence-electron chi connectivity index (χ3n) is 5.40. The molecule has 0 aliphatic carbocycles.